The van der Waals surface area contributed by atoms with Crippen molar-refractivity contribution < 1.29 is 80.2 Å². The third kappa shape index (κ3) is 64.8. The van der Waals surface area contributed by atoms with Crippen molar-refractivity contribution in [2.24, 2.45) is 17.8 Å². The van der Waals surface area contributed by atoms with Gasteiger partial charge in [-0.3, -0.25) is 37.3 Å². The third-order valence-corrected chi connectivity index (χ3v) is 18.3. The SMILES string of the molecule is CCCCCCCCCCC(=O)OC[C@H](COP(=O)(O)OC[C@H](O)COP(=O)(O)OC[C@@H](COC(=O)CCCCCCCCCCCCCC(C)C)OC(=O)CCCCCCCCCCCCCC(C)C)OC(=O)CCCCCCCCCCCCCC(C)C. The van der Waals surface area contributed by atoms with Gasteiger partial charge in [-0.25, -0.2) is 9.13 Å². The van der Waals surface area contributed by atoms with Crippen LogP contribution in [0.2, 0.25) is 0 Å². The summed E-state index contributed by atoms with van der Waals surface area (Å²) in [4.78, 5) is 72.5. The molecule has 3 N–H and O–H groups in total. The van der Waals surface area contributed by atoms with E-state index in [1.807, 2.05) is 0 Å². The van der Waals surface area contributed by atoms with Crippen LogP contribution >= 0.6 is 15.6 Å². The monoisotopic (exact) mass is 1320 g/mol. The van der Waals surface area contributed by atoms with E-state index in [4.69, 9.17) is 37.0 Å². The topological polar surface area (TPSA) is 237 Å². The molecule has 0 aliphatic rings. The van der Waals surface area contributed by atoms with Crippen LogP contribution < -0.4 is 0 Å². The van der Waals surface area contributed by atoms with Crippen molar-refractivity contribution in [2.45, 2.75) is 375 Å². The van der Waals surface area contributed by atoms with Gasteiger partial charge in [0.2, 0.25) is 0 Å². The van der Waals surface area contributed by atoms with Crippen LogP contribution in [0.3, 0.4) is 0 Å². The Morgan fingerprint density at radius 1 is 0.300 bits per heavy atom. The number of unbranched alkanes of at least 4 members (excludes halogenated alkanes) is 37. The van der Waals surface area contributed by atoms with E-state index in [1.54, 1.807) is 0 Å². The van der Waals surface area contributed by atoms with Crippen LogP contribution in [0.15, 0.2) is 0 Å². The zero-order chi connectivity index (χ0) is 66.6. The van der Waals surface area contributed by atoms with Gasteiger partial charge in [0.25, 0.3) is 0 Å². The number of hydrogen-bond donors (Lipinski definition) is 3. The van der Waals surface area contributed by atoms with Gasteiger partial charge in [-0.1, -0.05) is 305 Å². The molecule has 0 aromatic heterocycles. The predicted octanol–water partition coefficient (Wildman–Crippen LogP) is 20.2. The van der Waals surface area contributed by atoms with E-state index < -0.39 is 97.5 Å². The number of hydrogen-bond acceptors (Lipinski definition) is 15. The maximum absolute atomic E-state index is 13.0. The average molecular weight is 1330 g/mol. The van der Waals surface area contributed by atoms with Gasteiger partial charge in [0.15, 0.2) is 12.2 Å². The Balaban J connectivity index is 5.23. The molecular weight excluding hydrogens is 1190 g/mol. The summed E-state index contributed by atoms with van der Waals surface area (Å²) in [6.45, 7) is 11.8. The molecule has 0 heterocycles. The lowest BCUT2D eigenvalue weighted by atomic mass is 10.0. The fraction of sp³-hybridized carbons (Fsp3) is 0.944. The molecule has 0 aromatic rings. The molecule has 2 unspecified atom stereocenters. The van der Waals surface area contributed by atoms with Crippen molar-refractivity contribution in [2.75, 3.05) is 39.6 Å². The summed E-state index contributed by atoms with van der Waals surface area (Å²) >= 11 is 0. The van der Waals surface area contributed by atoms with E-state index in [9.17, 15) is 43.2 Å². The molecule has 0 spiro atoms. The second kappa shape index (κ2) is 61.9. The molecule has 0 aliphatic heterocycles. The van der Waals surface area contributed by atoms with Gasteiger partial charge in [-0.2, -0.15) is 0 Å². The number of aliphatic hydroxyl groups excluding tert-OH is 1. The van der Waals surface area contributed by atoms with Crippen LogP contribution in [0.4, 0.5) is 0 Å². The molecule has 17 nitrogen and oxygen atoms in total. The van der Waals surface area contributed by atoms with Crippen LogP contribution in [-0.4, -0.2) is 96.7 Å². The standard InChI is InChI=1S/C71H138O17P2/c1-8-9-10-11-12-31-38-45-52-68(73)81-58-66(87-70(75)54-47-40-33-26-20-14-17-23-29-36-43-50-63(4)5)60-85-89(77,78)83-56-65(72)57-84-90(79,80)86-61-67(88-71(76)55-48-41-34-27-21-15-18-24-30-37-44-51-64(6)7)59-82-69(74)53-46-39-32-25-19-13-16-22-28-35-42-49-62(2)3/h62-67,72H,8-61H2,1-7H3,(H,77,78)(H,79,80)/t65-,66+,67+/m0/s1. The molecule has 19 heteroatoms. The zero-order valence-electron chi connectivity index (χ0n) is 58.6. The first-order chi connectivity index (χ1) is 43.2. The van der Waals surface area contributed by atoms with Crippen molar-refractivity contribution in [3.63, 3.8) is 0 Å². The molecule has 0 aliphatic carbocycles. The first-order valence-electron chi connectivity index (χ1n) is 36.8. The summed E-state index contributed by atoms with van der Waals surface area (Å²) in [5, 5.41) is 10.6. The lowest BCUT2D eigenvalue weighted by Gasteiger charge is -2.21. The largest absolute Gasteiger partial charge is 0.472 e. The Morgan fingerprint density at radius 2 is 0.511 bits per heavy atom. The molecule has 534 valence electrons. The molecule has 0 amide bonds. The highest BCUT2D eigenvalue weighted by Gasteiger charge is 2.30. The molecule has 0 saturated carbocycles. The fourth-order valence-electron chi connectivity index (χ4n) is 10.7. The molecule has 0 bridgehead atoms. The van der Waals surface area contributed by atoms with Gasteiger partial charge in [-0.15, -0.1) is 0 Å². The van der Waals surface area contributed by atoms with E-state index in [0.29, 0.717) is 25.7 Å². The number of carbonyl (C=O) groups is 4. The van der Waals surface area contributed by atoms with E-state index in [2.05, 4.69) is 48.5 Å². The van der Waals surface area contributed by atoms with Crippen LogP contribution in [0, 0.1) is 17.8 Å². The summed E-state index contributed by atoms with van der Waals surface area (Å²) in [5.41, 5.74) is 0. The third-order valence-electron chi connectivity index (χ3n) is 16.4. The Hall–Kier alpha value is -1.94. The molecule has 0 aromatic carbocycles. The minimum Gasteiger partial charge on any atom is -0.462 e. The molecule has 0 radical (unpaired) electrons. The highest BCUT2D eigenvalue weighted by Crippen LogP contribution is 2.45. The number of phosphoric ester groups is 2. The lowest BCUT2D eigenvalue weighted by molar-refractivity contribution is -0.161. The van der Waals surface area contributed by atoms with Crippen LogP contribution in [0.1, 0.15) is 357 Å². The first-order valence-corrected chi connectivity index (χ1v) is 39.8. The van der Waals surface area contributed by atoms with Gasteiger partial charge in [0.05, 0.1) is 26.4 Å². The van der Waals surface area contributed by atoms with E-state index in [0.717, 1.165) is 114 Å². The molecule has 0 saturated heterocycles. The molecule has 5 atom stereocenters. The van der Waals surface area contributed by atoms with Crippen LogP contribution in [-0.2, 0) is 65.4 Å². The van der Waals surface area contributed by atoms with Gasteiger partial charge in [0, 0.05) is 25.7 Å². The first kappa shape index (κ1) is 88.1. The summed E-state index contributed by atoms with van der Waals surface area (Å²) < 4.78 is 68.3. The van der Waals surface area contributed by atoms with Crippen LogP contribution in [0.5, 0.6) is 0 Å². The second-order valence-electron chi connectivity index (χ2n) is 27.1. The molecule has 0 rings (SSSR count). The average Bonchev–Trinajstić information content (AvgIpc) is 3.49. The minimum absolute atomic E-state index is 0.106. The van der Waals surface area contributed by atoms with Crippen molar-refractivity contribution in [1.82, 2.24) is 0 Å². The molecule has 90 heavy (non-hydrogen) atoms. The Kier molecular flexibility index (Phi) is 60.6. The van der Waals surface area contributed by atoms with E-state index in [1.165, 1.54) is 161 Å². The number of carbonyl (C=O) groups excluding carboxylic acids is 4. The molecular formula is C71H138O17P2. The highest BCUT2D eigenvalue weighted by molar-refractivity contribution is 7.47. The number of esters is 4. The van der Waals surface area contributed by atoms with Crippen molar-refractivity contribution in [3.8, 4) is 0 Å². The summed E-state index contributed by atoms with van der Waals surface area (Å²) in [5.74, 6) is 0.176. The minimum atomic E-state index is -4.95. The zero-order valence-corrected chi connectivity index (χ0v) is 60.4. The Bertz CT molecular complexity index is 1770. The Labute approximate surface area is 549 Å². The summed E-state index contributed by atoms with van der Waals surface area (Å²) in [7, 11) is -9.90. The van der Waals surface area contributed by atoms with Crippen molar-refractivity contribution in [3.05, 3.63) is 0 Å². The smallest absolute Gasteiger partial charge is 0.462 e. The molecule has 0 fully saturated rings. The van der Waals surface area contributed by atoms with Gasteiger partial charge < -0.3 is 33.8 Å². The highest BCUT2D eigenvalue weighted by atomic mass is 31.2. The lowest BCUT2D eigenvalue weighted by Crippen LogP contribution is -2.30. The van der Waals surface area contributed by atoms with E-state index >= 15 is 0 Å². The van der Waals surface area contributed by atoms with Gasteiger partial charge in [-0.05, 0) is 43.4 Å². The number of rotatable bonds is 69. The quantitative estimate of drug-likeness (QED) is 0.0222. The van der Waals surface area contributed by atoms with E-state index in [-0.39, 0.29) is 25.7 Å². The predicted molar refractivity (Wildman–Crippen MR) is 363 cm³/mol. The fourth-order valence-corrected chi connectivity index (χ4v) is 12.3. The Morgan fingerprint density at radius 3 is 0.756 bits per heavy atom. The number of phosphoric acid groups is 2. The van der Waals surface area contributed by atoms with Gasteiger partial charge >= 0.3 is 39.5 Å². The maximum Gasteiger partial charge on any atom is 0.472 e. The van der Waals surface area contributed by atoms with Crippen molar-refractivity contribution in [1.29, 1.82) is 0 Å². The number of aliphatic hydroxyl groups is 1. The summed E-state index contributed by atoms with van der Waals surface area (Å²) in [6, 6.07) is 0. The van der Waals surface area contributed by atoms with Crippen LogP contribution in [0.25, 0.3) is 0 Å². The normalized spacial score (nSPS) is 14.2. The van der Waals surface area contributed by atoms with Gasteiger partial charge in [0.1, 0.15) is 19.3 Å². The second-order valence-corrected chi connectivity index (χ2v) is 30.0. The maximum atomic E-state index is 13.0. The van der Waals surface area contributed by atoms with Crippen molar-refractivity contribution >= 4 is 39.5 Å². The number of ether oxygens (including phenoxy) is 4. The summed E-state index contributed by atoms with van der Waals surface area (Å²) in [6.07, 6.45) is 45.8.